The highest BCUT2D eigenvalue weighted by Gasteiger charge is 2.32. The van der Waals surface area contributed by atoms with E-state index in [-0.39, 0.29) is 0 Å². The zero-order valence-electron chi connectivity index (χ0n) is 11.1. The summed E-state index contributed by atoms with van der Waals surface area (Å²) in [6.07, 6.45) is 7.69. The van der Waals surface area contributed by atoms with Crippen LogP contribution in [-0.4, -0.2) is 36.5 Å². The first kappa shape index (κ1) is 13.3. The average molecular weight is 241 g/mol. The van der Waals surface area contributed by atoms with Crippen LogP contribution in [0.3, 0.4) is 0 Å². The van der Waals surface area contributed by atoms with Crippen LogP contribution in [0.25, 0.3) is 0 Å². The van der Waals surface area contributed by atoms with Crippen molar-refractivity contribution < 1.29 is 9.84 Å². The SMILES string of the molecule is CC1CCC(O)(CNC2CCCOCC2)CC1. The molecule has 1 aliphatic carbocycles. The maximum absolute atomic E-state index is 10.5. The molecule has 0 bridgehead atoms. The number of ether oxygens (including phenoxy) is 1. The summed E-state index contributed by atoms with van der Waals surface area (Å²) in [6, 6.07) is 0.542. The van der Waals surface area contributed by atoms with Gasteiger partial charge in [-0.1, -0.05) is 6.92 Å². The van der Waals surface area contributed by atoms with Gasteiger partial charge in [-0.2, -0.15) is 0 Å². The Hall–Kier alpha value is -0.120. The molecule has 1 heterocycles. The van der Waals surface area contributed by atoms with Crippen LogP contribution < -0.4 is 5.32 Å². The third-order valence-corrected chi connectivity index (χ3v) is 4.38. The highest BCUT2D eigenvalue weighted by Crippen LogP contribution is 2.31. The Bertz CT molecular complexity index is 216. The average Bonchev–Trinajstić information content (AvgIpc) is 2.60. The van der Waals surface area contributed by atoms with Crippen LogP contribution in [0.5, 0.6) is 0 Å². The Morgan fingerprint density at radius 1 is 1.18 bits per heavy atom. The lowest BCUT2D eigenvalue weighted by molar-refractivity contribution is -0.00861. The van der Waals surface area contributed by atoms with Gasteiger partial charge in [-0.15, -0.1) is 0 Å². The summed E-state index contributed by atoms with van der Waals surface area (Å²) in [4.78, 5) is 0. The molecule has 0 radical (unpaired) electrons. The van der Waals surface area contributed by atoms with Crippen molar-refractivity contribution in [3.63, 3.8) is 0 Å². The molecule has 2 N–H and O–H groups in total. The first-order valence-corrected chi connectivity index (χ1v) is 7.21. The summed E-state index contributed by atoms with van der Waals surface area (Å²) < 4.78 is 5.45. The summed E-state index contributed by atoms with van der Waals surface area (Å²) in [5.41, 5.74) is -0.445. The number of aliphatic hydroxyl groups is 1. The number of hydrogen-bond donors (Lipinski definition) is 2. The van der Waals surface area contributed by atoms with Crippen LogP contribution in [0, 0.1) is 5.92 Å². The number of hydrogen-bond acceptors (Lipinski definition) is 3. The molecule has 1 saturated heterocycles. The fourth-order valence-corrected chi connectivity index (χ4v) is 2.92. The molecule has 1 unspecified atom stereocenters. The highest BCUT2D eigenvalue weighted by molar-refractivity contribution is 4.87. The Kier molecular flexibility index (Phi) is 4.83. The van der Waals surface area contributed by atoms with E-state index in [1.165, 1.54) is 19.3 Å². The van der Waals surface area contributed by atoms with Crippen molar-refractivity contribution in [2.45, 2.75) is 63.5 Å². The van der Waals surface area contributed by atoms with Crippen molar-refractivity contribution in [1.82, 2.24) is 5.32 Å². The second-order valence-corrected chi connectivity index (χ2v) is 6.03. The molecule has 2 aliphatic rings. The molecule has 3 heteroatoms. The molecular formula is C14H27NO2. The second-order valence-electron chi connectivity index (χ2n) is 6.03. The first-order valence-electron chi connectivity index (χ1n) is 7.21. The van der Waals surface area contributed by atoms with Gasteiger partial charge in [0.2, 0.25) is 0 Å². The van der Waals surface area contributed by atoms with Gasteiger partial charge in [0.1, 0.15) is 0 Å². The van der Waals surface area contributed by atoms with E-state index in [2.05, 4.69) is 12.2 Å². The quantitative estimate of drug-likeness (QED) is 0.795. The predicted molar refractivity (Wildman–Crippen MR) is 69.0 cm³/mol. The molecule has 1 aliphatic heterocycles. The minimum atomic E-state index is -0.445. The van der Waals surface area contributed by atoms with Crippen molar-refractivity contribution >= 4 is 0 Å². The standard InChI is InChI=1S/C14H27NO2/c1-12-4-7-14(16,8-5-12)11-15-13-3-2-9-17-10-6-13/h12-13,15-16H,2-11H2,1H3. The summed E-state index contributed by atoms with van der Waals surface area (Å²) in [5, 5.41) is 14.1. The molecule has 2 fully saturated rings. The molecule has 100 valence electrons. The smallest absolute Gasteiger partial charge is 0.0771 e. The van der Waals surface area contributed by atoms with Crippen molar-refractivity contribution in [2.24, 2.45) is 5.92 Å². The minimum Gasteiger partial charge on any atom is -0.389 e. The van der Waals surface area contributed by atoms with Crippen LogP contribution >= 0.6 is 0 Å². The van der Waals surface area contributed by atoms with E-state index in [4.69, 9.17) is 4.74 Å². The lowest BCUT2D eigenvalue weighted by atomic mass is 9.79. The predicted octanol–water partition coefficient (Wildman–Crippen LogP) is 2.09. The number of nitrogens with one attached hydrogen (secondary N) is 1. The summed E-state index contributed by atoms with van der Waals surface area (Å²) in [7, 11) is 0. The van der Waals surface area contributed by atoms with E-state index >= 15 is 0 Å². The van der Waals surface area contributed by atoms with Crippen molar-refractivity contribution in [3.8, 4) is 0 Å². The Labute approximate surface area is 105 Å². The van der Waals surface area contributed by atoms with Crippen LogP contribution in [0.1, 0.15) is 51.9 Å². The van der Waals surface area contributed by atoms with Crippen LogP contribution in [0.4, 0.5) is 0 Å². The second kappa shape index (κ2) is 6.17. The summed E-state index contributed by atoms with van der Waals surface area (Å²) in [5.74, 6) is 0.793. The number of rotatable bonds is 3. The van der Waals surface area contributed by atoms with Gasteiger partial charge in [-0.3, -0.25) is 0 Å². The lowest BCUT2D eigenvalue weighted by Crippen LogP contribution is -2.46. The lowest BCUT2D eigenvalue weighted by Gasteiger charge is -2.36. The van der Waals surface area contributed by atoms with E-state index in [1.807, 2.05) is 0 Å². The maximum Gasteiger partial charge on any atom is 0.0771 e. The molecule has 0 amide bonds. The molecule has 2 rings (SSSR count). The summed E-state index contributed by atoms with van der Waals surface area (Å²) in [6.45, 7) is 4.83. The van der Waals surface area contributed by atoms with E-state index in [9.17, 15) is 5.11 Å². The van der Waals surface area contributed by atoms with Gasteiger partial charge in [0, 0.05) is 25.8 Å². The Morgan fingerprint density at radius 3 is 2.71 bits per heavy atom. The molecule has 1 saturated carbocycles. The highest BCUT2D eigenvalue weighted by atomic mass is 16.5. The largest absolute Gasteiger partial charge is 0.389 e. The zero-order chi connectivity index (χ0) is 12.1. The third kappa shape index (κ3) is 4.23. The van der Waals surface area contributed by atoms with E-state index in [1.54, 1.807) is 0 Å². The normalized spacial score (nSPS) is 39.9. The zero-order valence-corrected chi connectivity index (χ0v) is 11.1. The monoisotopic (exact) mass is 241 g/mol. The molecular weight excluding hydrogens is 214 g/mol. The van der Waals surface area contributed by atoms with Crippen LogP contribution in [0.2, 0.25) is 0 Å². The molecule has 0 aromatic rings. The van der Waals surface area contributed by atoms with Crippen molar-refractivity contribution in [1.29, 1.82) is 0 Å². The molecule has 0 aromatic carbocycles. The topological polar surface area (TPSA) is 41.5 Å². The maximum atomic E-state index is 10.5. The molecule has 0 spiro atoms. The Morgan fingerprint density at radius 2 is 1.94 bits per heavy atom. The van der Waals surface area contributed by atoms with Crippen molar-refractivity contribution in [3.05, 3.63) is 0 Å². The van der Waals surface area contributed by atoms with Crippen molar-refractivity contribution in [2.75, 3.05) is 19.8 Å². The van der Waals surface area contributed by atoms with E-state index in [0.29, 0.717) is 6.04 Å². The van der Waals surface area contributed by atoms with E-state index < -0.39 is 5.60 Å². The van der Waals surface area contributed by atoms with Gasteiger partial charge < -0.3 is 15.2 Å². The summed E-state index contributed by atoms with van der Waals surface area (Å²) >= 11 is 0. The Balaban J connectivity index is 1.72. The molecule has 0 aromatic heterocycles. The van der Waals surface area contributed by atoms with Gasteiger partial charge in [-0.25, -0.2) is 0 Å². The van der Waals surface area contributed by atoms with Gasteiger partial charge >= 0.3 is 0 Å². The first-order chi connectivity index (χ1) is 8.18. The fourth-order valence-electron chi connectivity index (χ4n) is 2.92. The molecule has 17 heavy (non-hydrogen) atoms. The minimum absolute atomic E-state index is 0.445. The third-order valence-electron chi connectivity index (χ3n) is 4.38. The molecule has 1 atom stereocenters. The van der Waals surface area contributed by atoms with Gasteiger partial charge in [0.05, 0.1) is 5.60 Å². The fraction of sp³-hybridized carbons (Fsp3) is 1.00. The van der Waals surface area contributed by atoms with E-state index in [0.717, 1.165) is 51.4 Å². The molecule has 3 nitrogen and oxygen atoms in total. The van der Waals surface area contributed by atoms with Gasteiger partial charge in [0.25, 0.3) is 0 Å². The van der Waals surface area contributed by atoms with Crippen LogP contribution in [0.15, 0.2) is 0 Å². The van der Waals surface area contributed by atoms with Gasteiger partial charge in [-0.05, 0) is 50.9 Å². The van der Waals surface area contributed by atoms with Crippen LogP contribution in [-0.2, 0) is 4.74 Å². The van der Waals surface area contributed by atoms with Gasteiger partial charge in [0.15, 0.2) is 0 Å².